The first kappa shape index (κ1) is 10.2. The van der Waals surface area contributed by atoms with Crippen LogP contribution in [0.4, 0.5) is 0 Å². The predicted octanol–water partition coefficient (Wildman–Crippen LogP) is 0.164. The molecule has 1 aromatic rings. The lowest BCUT2D eigenvalue weighted by Crippen LogP contribution is -2.43. The van der Waals surface area contributed by atoms with Gasteiger partial charge in [-0.2, -0.15) is 0 Å². The van der Waals surface area contributed by atoms with Crippen LogP contribution in [0.25, 0.3) is 0 Å². The van der Waals surface area contributed by atoms with E-state index in [9.17, 15) is 9.59 Å². The first-order chi connectivity index (χ1) is 8.18. The maximum atomic E-state index is 12.2. The third kappa shape index (κ3) is 1.56. The van der Waals surface area contributed by atoms with E-state index in [4.69, 9.17) is 5.11 Å². The Labute approximate surface area is 97.3 Å². The largest absolute Gasteiger partial charge is 0.480 e. The average Bonchev–Trinajstić information content (AvgIpc) is 3.00. The summed E-state index contributed by atoms with van der Waals surface area (Å²) in [5, 5.41) is 9.09. The Kier molecular flexibility index (Phi) is 2.10. The fourth-order valence-corrected chi connectivity index (χ4v) is 2.51. The van der Waals surface area contributed by atoms with Gasteiger partial charge in [-0.15, -0.1) is 0 Å². The molecule has 2 fully saturated rings. The summed E-state index contributed by atoms with van der Waals surface area (Å²) in [5.41, 5.74) is 0.214. The molecule has 1 amide bonds. The number of carbonyl (C=O) groups is 2. The summed E-state index contributed by atoms with van der Waals surface area (Å²) >= 11 is 0. The van der Waals surface area contributed by atoms with E-state index in [0.717, 1.165) is 6.42 Å². The molecule has 6 heteroatoms. The average molecular weight is 233 g/mol. The summed E-state index contributed by atoms with van der Waals surface area (Å²) < 4.78 is 0. The molecule has 0 radical (unpaired) electrons. The van der Waals surface area contributed by atoms with Gasteiger partial charge in [0, 0.05) is 18.4 Å². The van der Waals surface area contributed by atoms with Crippen LogP contribution in [0.15, 0.2) is 18.6 Å². The van der Waals surface area contributed by atoms with Gasteiger partial charge in [-0.05, 0) is 18.8 Å². The standard InChI is InChI=1S/C11H11N3O3/c15-10(7-5-12-1-2-13-7)14-8-3-6(8)4-9(14)11(16)17/h1-2,5-6,8-9H,3-4H2,(H,16,17)/t6-,8-,9-/m0/s1. The Morgan fingerprint density at radius 3 is 2.82 bits per heavy atom. The Morgan fingerprint density at radius 1 is 1.35 bits per heavy atom. The number of amides is 1. The first-order valence-electron chi connectivity index (χ1n) is 5.50. The summed E-state index contributed by atoms with van der Waals surface area (Å²) in [6, 6.07) is -0.612. The second kappa shape index (κ2) is 3.51. The molecule has 0 bridgehead atoms. The molecular formula is C11H11N3O3. The van der Waals surface area contributed by atoms with E-state index in [-0.39, 0.29) is 17.6 Å². The van der Waals surface area contributed by atoms with Crippen LogP contribution in [-0.4, -0.2) is 43.9 Å². The number of aromatic nitrogens is 2. The molecule has 1 saturated carbocycles. The van der Waals surface area contributed by atoms with Crippen molar-refractivity contribution >= 4 is 11.9 Å². The third-order valence-corrected chi connectivity index (χ3v) is 3.41. The predicted molar refractivity (Wildman–Crippen MR) is 56.1 cm³/mol. The van der Waals surface area contributed by atoms with E-state index < -0.39 is 12.0 Å². The van der Waals surface area contributed by atoms with Crippen LogP contribution in [0.1, 0.15) is 23.3 Å². The molecule has 0 aromatic carbocycles. The molecular weight excluding hydrogens is 222 g/mol. The smallest absolute Gasteiger partial charge is 0.326 e. The number of hydrogen-bond donors (Lipinski definition) is 1. The zero-order chi connectivity index (χ0) is 12.0. The van der Waals surface area contributed by atoms with Crippen LogP contribution in [0.2, 0.25) is 0 Å². The van der Waals surface area contributed by atoms with Gasteiger partial charge in [-0.25, -0.2) is 9.78 Å². The van der Waals surface area contributed by atoms with E-state index in [2.05, 4.69) is 9.97 Å². The van der Waals surface area contributed by atoms with Crippen LogP contribution in [0, 0.1) is 5.92 Å². The highest BCUT2D eigenvalue weighted by molar-refractivity contribution is 5.95. The molecule has 1 aliphatic carbocycles. The minimum Gasteiger partial charge on any atom is -0.480 e. The van der Waals surface area contributed by atoms with Gasteiger partial charge in [0.05, 0.1) is 6.20 Å². The second-order valence-electron chi connectivity index (χ2n) is 4.46. The second-order valence-corrected chi connectivity index (χ2v) is 4.46. The minimum absolute atomic E-state index is 0.0885. The number of fused-ring (bicyclic) bond motifs is 1. The van der Waals surface area contributed by atoms with Gasteiger partial charge in [0.1, 0.15) is 11.7 Å². The lowest BCUT2D eigenvalue weighted by molar-refractivity contribution is -0.141. The SMILES string of the molecule is O=C(O)[C@@H]1C[C@@H]2C[C@@H]2N1C(=O)c1cnccn1. The number of likely N-dealkylation sites (tertiary alicyclic amines) is 1. The summed E-state index contributed by atoms with van der Waals surface area (Å²) in [6.45, 7) is 0. The molecule has 0 spiro atoms. The number of carbonyl (C=O) groups excluding carboxylic acids is 1. The number of hydrogen-bond acceptors (Lipinski definition) is 4. The van der Waals surface area contributed by atoms with Gasteiger partial charge in [-0.1, -0.05) is 0 Å². The van der Waals surface area contributed by atoms with Gasteiger partial charge < -0.3 is 10.0 Å². The van der Waals surface area contributed by atoms with Crippen LogP contribution in [-0.2, 0) is 4.79 Å². The van der Waals surface area contributed by atoms with Crippen molar-refractivity contribution in [1.82, 2.24) is 14.9 Å². The van der Waals surface area contributed by atoms with Crippen molar-refractivity contribution in [1.29, 1.82) is 0 Å². The van der Waals surface area contributed by atoms with Crippen LogP contribution in [0.5, 0.6) is 0 Å². The van der Waals surface area contributed by atoms with E-state index in [1.165, 1.54) is 23.5 Å². The Balaban J connectivity index is 1.88. The molecule has 17 heavy (non-hydrogen) atoms. The van der Waals surface area contributed by atoms with Gasteiger partial charge in [-0.3, -0.25) is 9.78 Å². The topological polar surface area (TPSA) is 83.4 Å². The summed E-state index contributed by atoms with van der Waals surface area (Å²) in [5.74, 6) is -0.901. The number of carboxylic acid groups (broad SMARTS) is 1. The van der Waals surface area contributed by atoms with E-state index >= 15 is 0 Å². The van der Waals surface area contributed by atoms with Crippen molar-refractivity contribution < 1.29 is 14.7 Å². The molecule has 3 atom stereocenters. The molecule has 1 aromatic heterocycles. The quantitative estimate of drug-likeness (QED) is 0.786. The molecule has 1 N–H and O–H groups in total. The molecule has 0 unspecified atom stereocenters. The van der Waals surface area contributed by atoms with Crippen molar-refractivity contribution in [3.63, 3.8) is 0 Å². The molecule has 2 heterocycles. The summed E-state index contributed by atoms with van der Waals surface area (Å²) in [6.07, 6.45) is 5.76. The lowest BCUT2D eigenvalue weighted by atomic mass is 10.1. The highest BCUT2D eigenvalue weighted by Gasteiger charge is 2.56. The zero-order valence-electron chi connectivity index (χ0n) is 8.98. The van der Waals surface area contributed by atoms with E-state index in [1.807, 2.05) is 0 Å². The number of rotatable bonds is 2. The fraction of sp³-hybridized carbons (Fsp3) is 0.455. The van der Waals surface area contributed by atoms with Crippen molar-refractivity contribution in [2.24, 2.45) is 5.92 Å². The number of piperidine rings is 1. The highest BCUT2D eigenvalue weighted by atomic mass is 16.4. The molecule has 2 aliphatic rings. The maximum absolute atomic E-state index is 12.2. The first-order valence-corrected chi connectivity index (χ1v) is 5.50. The lowest BCUT2D eigenvalue weighted by Gasteiger charge is -2.23. The van der Waals surface area contributed by atoms with E-state index in [0.29, 0.717) is 12.3 Å². The monoisotopic (exact) mass is 233 g/mol. The van der Waals surface area contributed by atoms with Crippen LogP contribution < -0.4 is 0 Å². The van der Waals surface area contributed by atoms with Crippen molar-refractivity contribution in [3.05, 3.63) is 24.3 Å². The Hall–Kier alpha value is -1.98. The number of aliphatic carboxylic acids is 1. The highest BCUT2D eigenvalue weighted by Crippen LogP contribution is 2.48. The maximum Gasteiger partial charge on any atom is 0.326 e. The third-order valence-electron chi connectivity index (χ3n) is 3.41. The van der Waals surface area contributed by atoms with Crippen LogP contribution in [0.3, 0.4) is 0 Å². The molecule has 88 valence electrons. The van der Waals surface area contributed by atoms with Gasteiger partial charge >= 0.3 is 5.97 Å². The number of nitrogens with zero attached hydrogens (tertiary/aromatic N) is 3. The normalized spacial score (nSPS) is 29.9. The molecule has 1 saturated heterocycles. The Morgan fingerprint density at radius 2 is 2.18 bits per heavy atom. The minimum atomic E-state index is -0.936. The molecule has 3 rings (SSSR count). The summed E-state index contributed by atoms with van der Waals surface area (Å²) in [4.78, 5) is 32.4. The van der Waals surface area contributed by atoms with Crippen molar-refractivity contribution in [3.8, 4) is 0 Å². The zero-order valence-corrected chi connectivity index (χ0v) is 8.98. The molecule has 1 aliphatic heterocycles. The van der Waals surface area contributed by atoms with Gasteiger partial charge in [0.15, 0.2) is 0 Å². The van der Waals surface area contributed by atoms with Gasteiger partial charge in [0.25, 0.3) is 5.91 Å². The van der Waals surface area contributed by atoms with Crippen molar-refractivity contribution in [2.45, 2.75) is 24.9 Å². The van der Waals surface area contributed by atoms with E-state index in [1.54, 1.807) is 0 Å². The molecule has 6 nitrogen and oxygen atoms in total. The summed E-state index contributed by atoms with van der Waals surface area (Å²) in [7, 11) is 0. The van der Waals surface area contributed by atoms with Crippen molar-refractivity contribution in [2.75, 3.05) is 0 Å². The van der Waals surface area contributed by atoms with Gasteiger partial charge in [0.2, 0.25) is 0 Å². The fourth-order valence-electron chi connectivity index (χ4n) is 2.51. The Bertz CT molecular complexity index is 476. The van der Waals surface area contributed by atoms with Crippen LogP contribution >= 0.6 is 0 Å². The number of carboxylic acids is 1.